The Morgan fingerprint density at radius 3 is 2.74 bits per heavy atom. The molecule has 0 spiro atoms. The zero-order valence-corrected chi connectivity index (χ0v) is 17.9. The summed E-state index contributed by atoms with van der Waals surface area (Å²) in [5.74, 6) is -1.11. The van der Waals surface area contributed by atoms with Crippen LogP contribution in [0.5, 0.6) is 0 Å². The molecule has 3 aromatic rings. The number of ether oxygens (including phenoxy) is 2. The van der Waals surface area contributed by atoms with Crippen molar-refractivity contribution in [2.75, 3.05) is 18.9 Å². The van der Waals surface area contributed by atoms with Gasteiger partial charge in [0.25, 0.3) is 5.91 Å². The second-order valence-corrected chi connectivity index (χ2v) is 7.87. The third-order valence-corrected chi connectivity index (χ3v) is 5.29. The number of nitrogens with zero attached hydrogens (tertiary/aromatic N) is 3. The summed E-state index contributed by atoms with van der Waals surface area (Å²) in [5, 5.41) is 2.86. The molecule has 1 fully saturated rings. The van der Waals surface area contributed by atoms with Crippen molar-refractivity contribution in [3.05, 3.63) is 70.5 Å². The Morgan fingerprint density at radius 1 is 1.19 bits per heavy atom. The lowest BCUT2D eigenvalue weighted by atomic mass is 10.2. The van der Waals surface area contributed by atoms with Gasteiger partial charge in [0, 0.05) is 16.2 Å². The maximum atomic E-state index is 13.1. The van der Waals surface area contributed by atoms with E-state index in [2.05, 4.69) is 36.2 Å². The van der Waals surface area contributed by atoms with Gasteiger partial charge >= 0.3 is 0 Å². The Bertz CT molecular complexity index is 1070. The summed E-state index contributed by atoms with van der Waals surface area (Å²) >= 11 is 3.40. The highest BCUT2D eigenvalue weighted by molar-refractivity contribution is 9.10. The Hall–Kier alpha value is -2.95. The van der Waals surface area contributed by atoms with Gasteiger partial charge in [-0.2, -0.15) is 4.39 Å². The van der Waals surface area contributed by atoms with Crippen molar-refractivity contribution in [3.8, 4) is 11.3 Å². The molecule has 0 unspecified atom stereocenters. The number of nitrogens with two attached hydrogens (primary N) is 1. The molecule has 0 saturated carbocycles. The van der Waals surface area contributed by atoms with Crippen LogP contribution >= 0.6 is 15.9 Å². The third-order valence-electron chi connectivity index (χ3n) is 4.76. The van der Waals surface area contributed by atoms with Gasteiger partial charge in [0.1, 0.15) is 6.10 Å². The summed E-state index contributed by atoms with van der Waals surface area (Å²) in [4.78, 5) is 24.8. The van der Waals surface area contributed by atoms with Crippen LogP contribution in [0.15, 0.2) is 53.3 Å². The molecule has 160 valence electrons. The van der Waals surface area contributed by atoms with Crippen LogP contribution in [0.3, 0.4) is 0 Å². The second-order valence-electron chi connectivity index (χ2n) is 6.95. The molecular weight excluding hydrogens is 469 g/mol. The van der Waals surface area contributed by atoms with E-state index in [0.717, 1.165) is 10.0 Å². The Morgan fingerprint density at radius 2 is 2.00 bits per heavy atom. The van der Waals surface area contributed by atoms with Crippen LogP contribution in [0.4, 0.5) is 10.2 Å². The fourth-order valence-electron chi connectivity index (χ4n) is 3.09. The Labute approximate surface area is 186 Å². The third kappa shape index (κ3) is 5.22. The van der Waals surface area contributed by atoms with Crippen molar-refractivity contribution >= 4 is 27.7 Å². The van der Waals surface area contributed by atoms with Gasteiger partial charge in [-0.25, -0.2) is 15.0 Å². The van der Waals surface area contributed by atoms with Gasteiger partial charge in [0.15, 0.2) is 11.5 Å². The number of aromatic nitrogens is 3. The first-order valence-electron chi connectivity index (χ1n) is 9.48. The lowest BCUT2D eigenvalue weighted by molar-refractivity contribution is 0.0218. The van der Waals surface area contributed by atoms with E-state index in [1.807, 2.05) is 24.3 Å². The lowest BCUT2D eigenvalue weighted by Crippen LogP contribution is -2.44. The molecule has 1 saturated heterocycles. The highest BCUT2D eigenvalue weighted by atomic mass is 79.9. The molecule has 31 heavy (non-hydrogen) atoms. The molecule has 8 nitrogen and oxygen atoms in total. The molecule has 0 aliphatic carbocycles. The highest BCUT2D eigenvalue weighted by Crippen LogP contribution is 2.19. The number of carbonyl (C=O) groups excluding carboxylic acids is 1. The molecule has 1 aromatic carbocycles. The summed E-state index contributed by atoms with van der Waals surface area (Å²) in [7, 11) is 0. The van der Waals surface area contributed by atoms with Crippen molar-refractivity contribution in [2.24, 2.45) is 0 Å². The average Bonchev–Trinajstić information content (AvgIpc) is 3.21. The number of pyridine rings is 1. The Balaban J connectivity index is 1.43. The molecular formula is C21H19BrFN5O3. The van der Waals surface area contributed by atoms with E-state index in [0.29, 0.717) is 31.1 Å². The zero-order valence-electron chi connectivity index (χ0n) is 16.3. The van der Waals surface area contributed by atoms with Crippen LogP contribution in [0.1, 0.15) is 16.1 Å². The molecule has 2 atom stereocenters. The van der Waals surface area contributed by atoms with E-state index in [4.69, 9.17) is 15.2 Å². The van der Waals surface area contributed by atoms with Crippen molar-refractivity contribution in [3.63, 3.8) is 0 Å². The van der Waals surface area contributed by atoms with Crippen molar-refractivity contribution in [1.29, 1.82) is 0 Å². The number of amides is 1. The molecule has 1 aliphatic heterocycles. The normalized spacial score (nSPS) is 18.1. The molecule has 0 radical (unpaired) electrons. The topological polar surface area (TPSA) is 112 Å². The number of nitrogens with one attached hydrogen (secondary N) is 1. The largest absolute Gasteiger partial charge is 0.382 e. The molecule has 3 N–H and O–H groups in total. The minimum atomic E-state index is -0.611. The van der Waals surface area contributed by atoms with Crippen LogP contribution in [-0.2, 0) is 16.1 Å². The van der Waals surface area contributed by atoms with Crippen LogP contribution < -0.4 is 11.1 Å². The first kappa shape index (κ1) is 21.3. The maximum Gasteiger partial charge on any atom is 0.274 e. The number of benzene rings is 1. The predicted octanol–water partition coefficient (Wildman–Crippen LogP) is 2.74. The number of anilines is 1. The van der Waals surface area contributed by atoms with E-state index < -0.39 is 11.9 Å². The fraction of sp³-hybridized carbons (Fsp3) is 0.238. The zero-order chi connectivity index (χ0) is 21.8. The molecule has 1 aliphatic rings. The predicted molar refractivity (Wildman–Crippen MR) is 114 cm³/mol. The van der Waals surface area contributed by atoms with Gasteiger partial charge < -0.3 is 20.5 Å². The van der Waals surface area contributed by atoms with E-state index >= 15 is 0 Å². The smallest absolute Gasteiger partial charge is 0.274 e. The quantitative estimate of drug-likeness (QED) is 0.514. The summed E-state index contributed by atoms with van der Waals surface area (Å²) in [6.07, 6.45) is 2.41. The van der Waals surface area contributed by atoms with Gasteiger partial charge in [0.2, 0.25) is 5.95 Å². The van der Waals surface area contributed by atoms with Gasteiger partial charge in [-0.1, -0.05) is 28.1 Å². The summed E-state index contributed by atoms with van der Waals surface area (Å²) in [6, 6.07) is 10.1. The van der Waals surface area contributed by atoms with Gasteiger partial charge in [-0.05, 0) is 29.8 Å². The lowest BCUT2D eigenvalue weighted by Gasteiger charge is -2.20. The number of hydrogen-bond acceptors (Lipinski definition) is 7. The van der Waals surface area contributed by atoms with Gasteiger partial charge in [-0.3, -0.25) is 4.79 Å². The monoisotopic (exact) mass is 487 g/mol. The van der Waals surface area contributed by atoms with Gasteiger partial charge in [0.05, 0.1) is 37.8 Å². The molecule has 2 aromatic heterocycles. The maximum absolute atomic E-state index is 13.1. The minimum absolute atomic E-state index is 0.0115. The van der Waals surface area contributed by atoms with Crippen LogP contribution in [-0.4, -0.2) is 46.2 Å². The summed E-state index contributed by atoms with van der Waals surface area (Å²) in [6.45, 7) is 1.07. The van der Waals surface area contributed by atoms with E-state index in [1.54, 1.807) is 0 Å². The molecule has 4 rings (SSSR count). The highest BCUT2D eigenvalue weighted by Gasteiger charge is 2.31. The van der Waals surface area contributed by atoms with Crippen LogP contribution in [0.25, 0.3) is 11.3 Å². The first-order chi connectivity index (χ1) is 15.0. The van der Waals surface area contributed by atoms with Crippen molar-refractivity contribution in [1.82, 2.24) is 20.3 Å². The molecule has 1 amide bonds. The van der Waals surface area contributed by atoms with Crippen LogP contribution in [0.2, 0.25) is 0 Å². The fourth-order valence-corrected chi connectivity index (χ4v) is 3.35. The van der Waals surface area contributed by atoms with Crippen LogP contribution in [0, 0.1) is 5.95 Å². The second kappa shape index (κ2) is 9.46. The Kier molecular flexibility index (Phi) is 6.50. The average molecular weight is 488 g/mol. The molecule has 3 heterocycles. The van der Waals surface area contributed by atoms with E-state index in [-0.39, 0.29) is 23.7 Å². The number of halogens is 2. The van der Waals surface area contributed by atoms with E-state index in [9.17, 15) is 9.18 Å². The first-order valence-corrected chi connectivity index (χ1v) is 10.3. The number of nitrogen functional groups attached to an aromatic ring is 1. The van der Waals surface area contributed by atoms with E-state index in [1.165, 1.54) is 24.5 Å². The standard InChI is InChI=1S/C21H19BrFN5O3/c22-14-4-1-12(2-5-14)9-31-17-11-30-10-16(17)28-21(29)19-20(24)26-8-15(27-19)13-3-6-18(23)25-7-13/h1-8,16-17H,9-11H2,(H2,24,26)(H,28,29)/t16-,17-/m0/s1. The number of carbonyl (C=O) groups is 1. The number of hydrogen-bond donors (Lipinski definition) is 2. The SMILES string of the molecule is Nc1ncc(-c2ccc(F)nc2)nc1C(=O)N[C@H]1COC[C@@H]1OCc1ccc(Br)cc1. The van der Waals surface area contributed by atoms with Crippen molar-refractivity contribution < 1.29 is 18.7 Å². The van der Waals surface area contributed by atoms with Gasteiger partial charge in [-0.15, -0.1) is 0 Å². The summed E-state index contributed by atoms with van der Waals surface area (Å²) < 4.78 is 25.5. The summed E-state index contributed by atoms with van der Waals surface area (Å²) in [5.41, 5.74) is 7.73. The molecule has 0 bridgehead atoms. The minimum Gasteiger partial charge on any atom is -0.382 e. The van der Waals surface area contributed by atoms with Crippen molar-refractivity contribution in [2.45, 2.75) is 18.8 Å². The number of rotatable bonds is 6. The molecule has 10 heteroatoms.